The van der Waals surface area contributed by atoms with E-state index in [2.05, 4.69) is 6.58 Å². The van der Waals surface area contributed by atoms with Crippen LogP contribution in [0.3, 0.4) is 0 Å². The van der Waals surface area contributed by atoms with Crippen molar-refractivity contribution in [3.63, 3.8) is 0 Å². The minimum absolute atomic E-state index is 0.159. The van der Waals surface area contributed by atoms with Gasteiger partial charge in [0.15, 0.2) is 12.1 Å². The van der Waals surface area contributed by atoms with Crippen molar-refractivity contribution in [3.05, 3.63) is 36.5 Å². The van der Waals surface area contributed by atoms with Gasteiger partial charge in [-0.25, -0.2) is 0 Å². The Morgan fingerprint density at radius 3 is 3.00 bits per heavy atom. The van der Waals surface area contributed by atoms with Crippen LogP contribution in [0.25, 0.3) is 0 Å². The SMILES string of the molecule is C=CC=C1C(O)OC2(CO)C=CC(=O)C12. The zero-order valence-corrected chi connectivity index (χ0v) is 8.09. The Morgan fingerprint density at radius 1 is 1.67 bits per heavy atom. The summed E-state index contributed by atoms with van der Waals surface area (Å²) in [6, 6.07) is 0. The fraction of sp³-hybridized carbons (Fsp3) is 0.364. The number of carbonyl (C=O) groups is 1. The van der Waals surface area contributed by atoms with E-state index in [9.17, 15) is 15.0 Å². The maximum atomic E-state index is 11.6. The van der Waals surface area contributed by atoms with Gasteiger partial charge in [0.2, 0.25) is 0 Å². The van der Waals surface area contributed by atoms with Crippen molar-refractivity contribution in [1.82, 2.24) is 0 Å². The number of aliphatic hydroxyl groups is 2. The molecule has 0 spiro atoms. The first-order valence-electron chi connectivity index (χ1n) is 4.67. The van der Waals surface area contributed by atoms with E-state index in [-0.39, 0.29) is 12.4 Å². The molecule has 1 fully saturated rings. The van der Waals surface area contributed by atoms with Crippen LogP contribution in [0.15, 0.2) is 36.5 Å². The van der Waals surface area contributed by atoms with E-state index in [1.807, 2.05) is 0 Å². The summed E-state index contributed by atoms with van der Waals surface area (Å²) in [7, 11) is 0. The molecule has 3 unspecified atom stereocenters. The number of hydrogen-bond donors (Lipinski definition) is 2. The summed E-state index contributed by atoms with van der Waals surface area (Å²) in [5, 5.41) is 18.9. The van der Waals surface area contributed by atoms with E-state index in [1.165, 1.54) is 18.2 Å². The van der Waals surface area contributed by atoms with Crippen LogP contribution in [0.1, 0.15) is 0 Å². The number of ketones is 1. The third-order valence-corrected chi connectivity index (χ3v) is 2.81. The molecule has 4 nitrogen and oxygen atoms in total. The van der Waals surface area contributed by atoms with Crippen molar-refractivity contribution in [2.75, 3.05) is 6.61 Å². The number of fused-ring (bicyclic) bond motifs is 1. The molecule has 80 valence electrons. The molecule has 0 radical (unpaired) electrons. The second-order valence-electron chi connectivity index (χ2n) is 3.65. The topological polar surface area (TPSA) is 66.8 Å². The van der Waals surface area contributed by atoms with Crippen molar-refractivity contribution in [3.8, 4) is 0 Å². The second kappa shape index (κ2) is 3.41. The molecule has 0 bridgehead atoms. The van der Waals surface area contributed by atoms with Crippen LogP contribution in [0, 0.1) is 5.92 Å². The predicted molar refractivity (Wildman–Crippen MR) is 52.8 cm³/mol. The smallest absolute Gasteiger partial charge is 0.179 e. The molecule has 2 N–H and O–H groups in total. The highest BCUT2D eigenvalue weighted by Crippen LogP contribution is 2.44. The van der Waals surface area contributed by atoms with Crippen LogP contribution >= 0.6 is 0 Å². The molecule has 2 rings (SSSR count). The molecule has 0 amide bonds. The highest BCUT2D eigenvalue weighted by atomic mass is 16.6. The fourth-order valence-electron chi connectivity index (χ4n) is 2.12. The van der Waals surface area contributed by atoms with Gasteiger partial charge in [0.05, 0.1) is 12.5 Å². The zero-order chi connectivity index (χ0) is 11.1. The first kappa shape index (κ1) is 10.3. The maximum Gasteiger partial charge on any atom is 0.179 e. The van der Waals surface area contributed by atoms with Crippen molar-refractivity contribution < 1.29 is 19.7 Å². The molecule has 0 saturated carbocycles. The summed E-state index contributed by atoms with van der Waals surface area (Å²) >= 11 is 0. The van der Waals surface area contributed by atoms with Gasteiger partial charge < -0.3 is 14.9 Å². The summed E-state index contributed by atoms with van der Waals surface area (Å²) in [6.07, 6.45) is 4.78. The standard InChI is InChI=1S/C11H12O4/c1-2-3-7-9-8(13)4-5-11(9,6-12)15-10(7)14/h2-5,9-10,12,14H,1,6H2. The summed E-state index contributed by atoms with van der Waals surface area (Å²) < 4.78 is 5.24. The minimum atomic E-state index is -1.14. The average Bonchev–Trinajstić information content (AvgIpc) is 2.67. The molecule has 0 aromatic heterocycles. The van der Waals surface area contributed by atoms with E-state index in [0.29, 0.717) is 5.57 Å². The Hall–Kier alpha value is -1.23. The molecular weight excluding hydrogens is 196 g/mol. The van der Waals surface area contributed by atoms with Gasteiger partial charge in [-0.15, -0.1) is 0 Å². The molecule has 1 heterocycles. The zero-order valence-electron chi connectivity index (χ0n) is 8.09. The molecule has 1 aliphatic heterocycles. The normalized spacial score (nSPS) is 41.2. The van der Waals surface area contributed by atoms with Crippen molar-refractivity contribution in [1.29, 1.82) is 0 Å². The van der Waals surface area contributed by atoms with E-state index in [4.69, 9.17) is 4.74 Å². The summed E-state index contributed by atoms with van der Waals surface area (Å²) in [5.74, 6) is -0.774. The van der Waals surface area contributed by atoms with Crippen LogP contribution in [-0.4, -0.2) is 34.5 Å². The second-order valence-corrected chi connectivity index (χ2v) is 3.65. The lowest BCUT2D eigenvalue weighted by Crippen LogP contribution is -2.37. The van der Waals surface area contributed by atoms with Gasteiger partial charge in [-0.3, -0.25) is 4.79 Å². The van der Waals surface area contributed by atoms with Crippen LogP contribution < -0.4 is 0 Å². The number of aliphatic hydroxyl groups excluding tert-OH is 2. The number of ether oxygens (including phenoxy) is 1. The van der Waals surface area contributed by atoms with Crippen molar-refractivity contribution in [2.45, 2.75) is 11.9 Å². The van der Waals surface area contributed by atoms with Crippen molar-refractivity contribution in [2.24, 2.45) is 5.92 Å². The molecular formula is C11H12O4. The van der Waals surface area contributed by atoms with Gasteiger partial charge in [0, 0.05) is 0 Å². The lowest BCUT2D eigenvalue weighted by Gasteiger charge is -2.22. The highest BCUT2D eigenvalue weighted by Gasteiger charge is 2.55. The molecule has 3 atom stereocenters. The van der Waals surface area contributed by atoms with E-state index >= 15 is 0 Å². The Bertz CT molecular complexity index is 369. The van der Waals surface area contributed by atoms with Crippen LogP contribution in [0.5, 0.6) is 0 Å². The van der Waals surface area contributed by atoms with Gasteiger partial charge >= 0.3 is 0 Å². The van der Waals surface area contributed by atoms with E-state index in [1.54, 1.807) is 6.08 Å². The molecule has 4 heteroatoms. The molecule has 0 aromatic carbocycles. The summed E-state index contributed by atoms with van der Waals surface area (Å²) in [6.45, 7) is 3.18. The number of rotatable bonds is 2. The van der Waals surface area contributed by atoms with E-state index < -0.39 is 17.8 Å². The molecule has 1 saturated heterocycles. The van der Waals surface area contributed by atoms with Gasteiger partial charge in [-0.2, -0.15) is 0 Å². The van der Waals surface area contributed by atoms with Gasteiger partial charge in [0.1, 0.15) is 5.60 Å². The summed E-state index contributed by atoms with van der Waals surface area (Å²) in [4.78, 5) is 11.6. The van der Waals surface area contributed by atoms with Crippen LogP contribution in [0.2, 0.25) is 0 Å². The molecule has 0 aromatic rings. The Labute approximate surface area is 87.2 Å². The monoisotopic (exact) mass is 208 g/mol. The van der Waals surface area contributed by atoms with Crippen molar-refractivity contribution >= 4 is 5.78 Å². The lowest BCUT2D eigenvalue weighted by molar-refractivity contribution is -0.136. The van der Waals surface area contributed by atoms with Gasteiger partial charge in [0.25, 0.3) is 0 Å². The molecule has 1 aliphatic carbocycles. The van der Waals surface area contributed by atoms with Crippen LogP contribution in [-0.2, 0) is 9.53 Å². The molecule has 15 heavy (non-hydrogen) atoms. The number of allylic oxidation sites excluding steroid dienone is 3. The third-order valence-electron chi connectivity index (χ3n) is 2.81. The lowest BCUT2D eigenvalue weighted by atomic mass is 9.86. The Balaban J connectivity index is 2.45. The largest absolute Gasteiger partial charge is 0.393 e. The fourth-order valence-corrected chi connectivity index (χ4v) is 2.12. The van der Waals surface area contributed by atoms with Gasteiger partial charge in [-0.1, -0.05) is 18.7 Å². The van der Waals surface area contributed by atoms with Gasteiger partial charge in [-0.05, 0) is 17.7 Å². The quantitative estimate of drug-likeness (QED) is 0.666. The van der Waals surface area contributed by atoms with E-state index in [0.717, 1.165) is 0 Å². The van der Waals surface area contributed by atoms with Crippen LogP contribution in [0.4, 0.5) is 0 Å². The maximum absolute atomic E-state index is 11.6. The third kappa shape index (κ3) is 1.30. The first-order valence-corrected chi connectivity index (χ1v) is 4.67. The Morgan fingerprint density at radius 2 is 2.40 bits per heavy atom. The molecule has 2 aliphatic rings. The number of hydrogen-bond acceptors (Lipinski definition) is 4. The first-order chi connectivity index (χ1) is 7.14. The highest BCUT2D eigenvalue weighted by molar-refractivity contribution is 5.98. The number of carbonyl (C=O) groups excluding carboxylic acids is 1. The summed E-state index contributed by atoms with van der Waals surface area (Å²) in [5.41, 5.74) is -0.625. The average molecular weight is 208 g/mol. The minimum Gasteiger partial charge on any atom is -0.393 e. The Kier molecular flexibility index (Phi) is 2.34. The predicted octanol–water partition coefficient (Wildman–Crippen LogP) is -0.0664.